The number of hydrogen-bond donors (Lipinski definition) is 2. The second-order valence-corrected chi connectivity index (χ2v) is 6.70. The molecule has 0 aromatic carbocycles. The molecule has 10 nitrogen and oxygen atoms in total. The molecule has 0 unspecified atom stereocenters. The van der Waals surface area contributed by atoms with Crippen molar-refractivity contribution >= 4 is 45.6 Å². The van der Waals surface area contributed by atoms with Crippen LogP contribution >= 0.6 is 0 Å². The highest BCUT2D eigenvalue weighted by Crippen LogP contribution is 2.31. The summed E-state index contributed by atoms with van der Waals surface area (Å²) in [7, 11) is 0. The molecule has 5 heterocycles. The molecule has 0 spiro atoms. The van der Waals surface area contributed by atoms with Gasteiger partial charge in [0.15, 0.2) is 11.4 Å². The standard InChI is InChI=1S/C20H12N6O4/c27-25(28)19-17-9-15-5-3-13(22-15)7-11-1-2-12(21-11)8-14-4-6-16(23-14)10-18(24-17)20(19)26(29)30/h1-10,21-22H. The summed E-state index contributed by atoms with van der Waals surface area (Å²) < 4.78 is 0. The summed E-state index contributed by atoms with van der Waals surface area (Å²) in [6, 6.07) is 13.9. The molecular formula is C20H12N6O4. The number of aromatic amines is 2. The van der Waals surface area contributed by atoms with E-state index >= 15 is 0 Å². The Kier molecular flexibility index (Phi) is 3.78. The summed E-state index contributed by atoms with van der Waals surface area (Å²) in [6.07, 6.45) is 3.42. The third kappa shape index (κ3) is 3.02. The fraction of sp³-hybridized carbons (Fsp3) is 0. The summed E-state index contributed by atoms with van der Waals surface area (Å²) in [5.74, 6) is 0. The number of nitrogens with zero attached hydrogens (tertiary/aromatic N) is 4. The van der Waals surface area contributed by atoms with E-state index in [0.717, 1.165) is 16.6 Å². The lowest BCUT2D eigenvalue weighted by molar-refractivity contribution is -0.405. The maximum atomic E-state index is 11.6. The van der Waals surface area contributed by atoms with Crippen LogP contribution in [0.4, 0.5) is 0 Å². The minimum Gasteiger partial charge on any atom is -0.355 e. The first-order chi connectivity index (χ1) is 14.5. The zero-order chi connectivity index (χ0) is 20.8. The number of nitrogens with one attached hydrogen (secondary N) is 2. The minimum absolute atomic E-state index is 0.0982. The molecular weight excluding hydrogens is 388 g/mol. The average molecular weight is 400 g/mol. The quantitative estimate of drug-likeness (QED) is 0.386. The van der Waals surface area contributed by atoms with Crippen LogP contribution in [0.25, 0.3) is 45.6 Å². The molecule has 2 aliphatic heterocycles. The molecule has 146 valence electrons. The minimum atomic E-state index is -0.785. The Balaban J connectivity index is 1.90. The second kappa shape index (κ2) is 6.48. The smallest absolute Gasteiger partial charge is 0.355 e. The monoisotopic (exact) mass is 400 g/mol. The van der Waals surface area contributed by atoms with E-state index in [1.807, 2.05) is 24.3 Å². The van der Waals surface area contributed by atoms with Crippen molar-refractivity contribution in [1.29, 1.82) is 0 Å². The van der Waals surface area contributed by atoms with Crippen molar-refractivity contribution in [2.24, 2.45) is 0 Å². The third-order valence-corrected chi connectivity index (χ3v) is 4.65. The third-order valence-electron chi connectivity index (χ3n) is 4.65. The Morgan fingerprint density at radius 3 is 1.67 bits per heavy atom. The van der Waals surface area contributed by atoms with Crippen molar-refractivity contribution in [1.82, 2.24) is 19.9 Å². The van der Waals surface area contributed by atoms with E-state index in [1.54, 1.807) is 24.3 Å². The molecule has 0 atom stereocenters. The molecule has 0 fully saturated rings. The van der Waals surface area contributed by atoms with Crippen LogP contribution in [0.3, 0.4) is 0 Å². The second-order valence-electron chi connectivity index (χ2n) is 6.70. The molecule has 8 bridgehead atoms. The van der Waals surface area contributed by atoms with Gasteiger partial charge in [0.05, 0.1) is 21.2 Å². The molecule has 3 aromatic rings. The van der Waals surface area contributed by atoms with Gasteiger partial charge in [-0.2, -0.15) is 0 Å². The number of nitro groups is 2. The normalized spacial score (nSPS) is 12.9. The van der Waals surface area contributed by atoms with Crippen LogP contribution in [0.5, 0.6) is 0 Å². The van der Waals surface area contributed by atoms with Crippen LogP contribution < -0.4 is 0 Å². The first kappa shape index (κ1) is 17.5. The van der Waals surface area contributed by atoms with Crippen LogP contribution in [0, 0.1) is 20.2 Å². The number of hydrogen-bond acceptors (Lipinski definition) is 6. The highest BCUT2D eigenvalue weighted by Gasteiger charge is 2.39. The summed E-state index contributed by atoms with van der Waals surface area (Å²) in [5.41, 5.74) is 2.51. The lowest BCUT2D eigenvalue weighted by atomic mass is 10.2. The van der Waals surface area contributed by atoms with Gasteiger partial charge >= 0.3 is 11.4 Å². The van der Waals surface area contributed by atoms with E-state index < -0.39 is 21.2 Å². The lowest BCUT2D eigenvalue weighted by Gasteiger charge is -1.91. The van der Waals surface area contributed by atoms with Gasteiger partial charge in [0.2, 0.25) is 0 Å². The van der Waals surface area contributed by atoms with Crippen molar-refractivity contribution < 1.29 is 9.85 Å². The summed E-state index contributed by atoms with van der Waals surface area (Å²) >= 11 is 0. The Morgan fingerprint density at radius 1 is 0.633 bits per heavy atom. The molecule has 0 aliphatic carbocycles. The van der Waals surface area contributed by atoms with Gasteiger partial charge in [-0.1, -0.05) is 0 Å². The van der Waals surface area contributed by atoms with Crippen molar-refractivity contribution in [2.75, 3.05) is 0 Å². The molecule has 10 heteroatoms. The fourth-order valence-corrected chi connectivity index (χ4v) is 3.40. The van der Waals surface area contributed by atoms with Crippen LogP contribution in [0.1, 0.15) is 22.8 Å². The van der Waals surface area contributed by atoms with Crippen molar-refractivity contribution in [2.45, 2.75) is 0 Å². The fourth-order valence-electron chi connectivity index (χ4n) is 3.40. The van der Waals surface area contributed by atoms with Crippen molar-refractivity contribution in [3.63, 3.8) is 0 Å². The maximum Gasteiger partial charge on any atom is 0.373 e. The number of H-pyrrole nitrogens is 2. The zero-order valence-electron chi connectivity index (χ0n) is 15.2. The Bertz CT molecular complexity index is 1460. The van der Waals surface area contributed by atoms with E-state index in [0.29, 0.717) is 16.9 Å². The predicted octanol–water partition coefficient (Wildman–Crippen LogP) is 3.86. The first-order valence-corrected chi connectivity index (χ1v) is 8.86. The van der Waals surface area contributed by atoms with Gasteiger partial charge in [0.25, 0.3) is 0 Å². The van der Waals surface area contributed by atoms with Gasteiger partial charge in [-0.15, -0.1) is 0 Å². The van der Waals surface area contributed by atoms with Gasteiger partial charge < -0.3 is 9.97 Å². The predicted molar refractivity (Wildman–Crippen MR) is 111 cm³/mol. The molecule has 2 N–H and O–H groups in total. The van der Waals surface area contributed by atoms with Crippen LogP contribution in [0.15, 0.2) is 48.5 Å². The van der Waals surface area contributed by atoms with Gasteiger partial charge in [-0.25, -0.2) is 9.97 Å². The van der Waals surface area contributed by atoms with Gasteiger partial charge in [0.1, 0.15) is 0 Å². The van der Waals surface area contributed by atoms with E-state index in [4.69, 9.17) is 0 Å². The topological polar surface area (TPSA) is 144 Å². The molecule has 3 aromatic heterocycles. The van der Waals surface area contributed by atoms with Gasteiger partial charge in [-0.05, 0) is 60.7 Å². The highest BCUT2D eigenvalue weighted by molar-refractivity contribution is 5.85. The Morgan fingerprint density at radius 2 is 1.10 bits per heavy atom. The zero-order valence-corrected chi connectivity index (χ0v) is 15.2. The molecule has 0 amide bonds. The average Bonchev–Trinajstić information content (AvgIpc) is 3.44. The van der Waals surface area contributed by atoms with Crippen molar-refractivity contribution in [3.8, 4) is 0 Å². The summed E-state index contributed by atoms with van der Waals surface area (Å²) in [5, 5.41) is 23.2. The first-order valence-electron chi connectivity index (χ1n) is 8.86. The van der Waals surface area contributed by atoms with Crippen molar-refractivity contribution in [3.05, 3.63) is 91.5 Å². The van der Waals surface area contributed by atoms with Gasteiger partial charge in [0, 0.05) is 22.1 Å². The van der Waals surface area contributed by atoms with E-state index in [9.17, 15) is 20.2 Å². The Labute approximate surface area is 167 Å². The van der Waals surface area contributed by atoms with Crippen LogP contribution in [-0.2, 0) is 0 Å². The molecule has 0 radical (unpaired) electrons. The molecule has 2 aliphatic rings. The van der Waals surface area contributed by atoms with E-state index in [2.05, 4.69) is 19.9 Å². The number of fused-ring (bicyclic) bond motifs is 8. The van der Waals surface area contributed by atoms with Gasteiger partial charge in [-0.3, -0.25) is 20.2 Å². The molecule has 5 rings (SSSR count). The lowest BCUT2D eigenvalue weighted by Crippen LogP contribution is -2.03. The SMILES string of the molecule is O=[N+]([O-])C1=C([N+](=O)[O-])c2cc3ccc(cc4ccc(cc5nc(cc1n2)C=C5)[nH]4)[nH]3. The highest BCUT2D eigenvalue weighted by atomic mass is 16.6. The number of aromatic nitrogens is 4. The molecule has 0 saturated heterocycles. The maximum absolute atomic E-state index is 11.6. The number of rotatable bonds is 2. The summed E-state index contributed by atoms with van der Waals surface area (Å²) in [6.45, 7) is 0. The van der Waals surface area contributed by atoms with Crippen LogP contribution in [-0.4, -0.2) is 29.8 Å². The largest absolute Gasteiger partial charge is 0.373 e. The molecule has 30 heavy (non-hydrogen) atoms. The van der Waals surface area contributed by atoms with E-state index in [-0.39, 0.29) is 11.4 Å². The molecule has 0 saturated carbocycles. The Hall–Kier alpha value is -4.60. The summed E-state index contributed by atoms with van der Waals surface area (Å²) in [4.78, 5) is 36.6. The van der Waals surface area contributed by atoms with Crippen LogP contribution in [0.2, 0.25) is 0 Å². The van der Waals surface area contributed by atoms with E-state index in [1.165, 1.54) is 12.1 Å².